The second kappa shape index (κ2) is 5.29. The molecule has 3 aliphatic rings. The first-order valence-corrected chi connectivity index (χ1v) is 7.60. The Kier molecular flexibility index (Phi) is 3.61. The molecule has 2 saturated heterocycles. The summed E-state index contributed by atoms with van der Waals surface area (Å²) in [5.74, 6) is -1.07. The molecule has 7 heteroatoms. The van der Waals surface area contributed by atoms with E-state index in [-0.39, 0.29) is 30.2 Å². The molecule has 1 aliphatic carbocycles. The van der Waals surface area contributed by atoms with Crippen LogP contribution in [0.4, 0.5) is 0 Å². The highest BCUT2D eigenvalue weighted by Crippen LogP contribution is 2.51. The molecule has 2 aliphatic heterocycles. The number of carbonyl (C=O) groups is 3. The Balaban J connectivity index is 1.55. The van der Waals surface area contributed by atoms with Crippen LogP contribution in [-0.2, 0) is 14.4 Å². The molecule has 0 aromatic rings. The van der Waals surface area contributed by atoms with Crippen molar-refractivity contribution in [2.45, 2.75) is 44.2 Å². The standard InChI is InChI=1S/C14H22N4O3/c15-11(19)9(5-8-1-4-16-12(8)20)18-13(21)10-6-14(2-3-14)7-17-10/h8-10,17H,1-7H2,(H2,15,19)(H,16,20)(H,18,21)/t8-,9-,10?/m0/s1. The second-order valence-electron chi connectivity index (χ2n) is 6.61. The average Bonchev–Trinajstić information content (AvgIpc) is 2.86. The number of nitrogens with two attached hydrogens (primary N) is 1. The van der Waals surface area contributed by atoms with Crippen molar-refractivity contribution >= 4 is 17.7 Å². The zero-order valence-electron chi connectivity index (χ0n) is 12.0. The lowest BCUT2D eigenvalue weighted by Gasteiger charge is -2.20. The number of nitrogens with one attached hydrogen (secondary N) is 3. The molecule has 3 amide bonds. The van der Waals surface area contributed by atoms with Crippen LogP contribution >= 0.6 is 0 Å². The van der Waals surface area contributed by atoms with Gasteiger partial charge in [0.05, 0.1) is 6.04 Å². The van der Waals surface area contributed by atoms with Crippen molar-refractivity contribution in [3.05, 3.63) is 0 Å². The minimum atomic E-state index is -0.774. The second-order valence-corrected chi connectivity index (χ2v) is 6.61. The molecule has 3 rings (SSSR count). The van der Waals surface area contributed by atoms with Gasteiger partial charge in [-0.05, 0) is 37.5 Å². The highest BCUT2D eigenvalue weighted by molar-refractivity contribution is 5.90. The SMILES string of the molecule is NC(=O)[C@H](C[C@@H]1CCNC1=O)NC(=O)C1CC2(CC2)CN1. The van der Waals surface area contributed by atoms with Gasteiger partial charge in [-0.25, -0.2) is 0 Å². The Morgan fingerprint density at radius 1 is 1.43 bits per heavy atom. The van der Waals surface area contributed by atoms with Crippen molar-refractivity contribution in [1.82, 2.24) is 16.0 Å². The van der Waals surface area contributed by atoms with Gasteiger partial charge in [0, 0.05) is 19.0 Å². The summed E-state index contributed by atoms with van der Waals surface area (Å²) >= 11 is 0. The fourth-order valence-electron chi connectivity index (χ4n) is 3.33. The topological polar surface area (TPSA) is 113 Å². The summed E-state index contributed by atoms with van der Waals surface area (Å²) in [6.45, 7) is 1.49. The Hall–Kier alpha value is -1.63. The van der Waals surface area contributed by atoms with Gasteiger partial charge in [-0.15, -0.1) is 0 Å². The molecule has 21 heavy (non-hydrogen) atoms. The maximum atomic E-state index is 12.2. The lowest BCUT2D eigenvalue weighted by molar-refractivity contribution is -0.129. The summed E-state index contributed by atoms with van der Waals surface area (Å²) < 4.78 is 0. The van der Waals surface area contributed by atoms with Gasteiger partial charge in [0.15, 0.2) is 0 Å². The van der Waals surface area contributed by atoms with E-state index in [4.69, 9.17) is 5.73 Å². The molecule has 1 spiro atoms. The molecular formula is C14H22N4O3. The molecule has 116 valence electrons. The van der Waals surface area contributed by atoms with Crippen LogP contribution < -0.4 is 21.7 Å². The fraction of sp³-hybridized carbons (Fsp3) is 0.786. The molecule has 3 fully saturated rings. The minimum Gasteiger partial charge on any atom is -0.368 e. The normalized spacial score (nSPS) is 31.0. The van der Waals surface area contributed by atoms with Crippen LogP contribution in [0, 0.1) is 11.3 Å². The minimum absolute atomic E-state index is 0.0635. The van der Waals surface area contributed by atoms with E-state index in [2.05, 4.69) is 16.0 Å². The van der Waals surface area contributed by atoms with Gasteiger partial charge in [0.25, 0.3) is 0 Å². The summed E-state index contributed by atoms with van der Waals surface area (Å²) in [4.78, 5) is 35.4. The van der Waals surface area contributed by atoms with Gasteiger partial charge in [-0.2, -0.15) is 0 Å². The van der Waals surface area contributed by atoms with E-state index < -0.39 is 11.9 Å². The van der Waals surface area contributed by atoms with Gasteiger partial charge in [0.1, 0.15) is 6.04 Å². The predicted octanol–water partition coefficient (Wildman–Crippen LogP) is -1.38. The van der Waals surface area contributed by atoms with E-state index >= 15 is 0 Å². The van der Waals surface area contributed by atoms with Crippen LogP contribution in [0.1, 0.15) is 32.1 Å². The molecule has 0 aromatic carbocycles. The summed E-state index contributed by atoms with van der Waals surface area (Å²) in [5.41, 5.74) is 5.68. The maximum Gasteiger partial charge on any atom is 0.240 e. The number of amides is 3. The number of carbonyl (C=O) groups excluding carboxylic acids is 3. The van der Waals surface area contributed by atoms with E-state index in [1.165, 1.54) is 12.8 Å². The molecule has 0 bridgehead atoms. The van der Waals surface area contributed by atoms with Crippen molar-refractivity contribution in [3.8, 4) is 0 Å². The van der Waals surface area contributed by atoms with Crippen molar-refractivity contribution in [2.24, 2.45) is 17.1 Å². The number of rotatable bonds is 5. The van der Waals surface area contributed by atoms with E-state index in [1.807, 2.05) is 0 Å². The first-order chi connectivity index (χ1) is 9.99. The van der Waals surface area contributed by atoms with Gasteiger partial charge in [0.2, 0.25) is 17.7 Å². The molecule has 5 N–H and O–H groups in total. The van der Waals surface area contributed by atoms with E-state index in [0.29, 0.717) is 18.4 Å². The van der Waals surface area contributed by atoms with Crippen molar-refractivity contribution in [3.63, 3.8) is 0 Å². The zero-order chi connectivity index (χ0) is 15.0. The molecule has 1 unspecified atom stereocenters. The van der Waals surface area contributed by atoms with Crippen LogP contribution in [0.2, 0.25) is 0 Å². The van der Waals surface area contributed by atoms with E-state index in [1.54, 1.807) is 0 Å². The average molecular weight is 294 g/mol. The number of primary amides is 1. The van der Waals surface area contributed by atoms with Gasteiger partial charge in [-0.3, -0.25) is 14.4 Å². The fourth-order valence-corrected chi connectivity index (χ4v) is 3.33. The largest absolute Gasteiger partial charge is 0.368 e. The third-order valence-corrected chi connectivity index (χ3v) is 4.98. The molecule has 2 heterocycles. The van der Waals surface area contributed by atoms with E-state index in [0.717, 1.165) is 13.0 Å². The third kappa shape index (κ3) is 3.02. The number of hydrogen-bond acceptors (Lipinski definition) is 4. The summed E-state index contributed by atoms with van der Waals surface area (Å²) in [5, 5.41) is 8.65. The van der Waals surface area contributed by atoms with Crippen LogP contribution in [-0.4, -0.2) is 42.9 Å². The van der Waals surface area contributed by atoms with Crippen LogP contribution in [0.25, 0.3) is 0 Å². The maximum absolute atomic E-state index is 12.2. The lowest BCUT2D eigenvalue weighted by atomic mass is 9.97. The first kappa shape index (κ1) is 14.3. The predicted molar refractivity (Wildman–Crippen MR) is 74.9 cm³/mol. The summed E-state index contributed by atoms with van der Waals surface area (Å²) in [6.07, 6.45) is 4.14. The Morgan fingerprint density at radius 3 is 2.71 bits per heavy atom. The first-order valence-electron chi connectivity index (χ1n) is 7.60. The van der Waals surface area contributed by atoms with Crippen molar-refractivity contribution in [2.75, 3.05) is 13.1 Å². The molecule has 0 radical (unpaired) electrons. The highest BCUT2D eigenvalue weighted by Gasteiger charge is 2.50. The van der Waals surface area contributed by atoms with Crippen molar-refractivity contribution in [1.29, 1.82) is 0 Å². The Morgan fingerprint density at radius 2 is 2.19 bits per heavy atom. The third-order valence-electron chi connectivity index (χ3n) is 4.98. The van der Waals surface area contributed by atoms with Crippen LogP contribution in [0.5, 0.6) is 0 Å². The molecule has 1 saturated carbocycles. The smallest absolute Gasteiger partial charge is 0.240 e. The molecular weight excluding hydrogens is 272 g/mol. The van der Waals surface area contributed by atoms with Gasteiger partial charge in [-0.1, -0.05) is 0 Å². The van der Waals surface area contributed by atoms with Crippen LogP contribution in [0.15, 0.2) is 0 Å². The van der Waals surface area contributed by atoms with Gasteiger partial charge < -0.3 is 21.7 Å². The van der Waals surface area contributed by atoms with Crippen molar-refractivity contribution < 1.29 is 14.4 Å². The van der Waals surface area contributed by atoms with Crippen LogP contribution in [0.3, 0.4) is 0 Å². The zero-order valence-corrected chi connectivity index (χ0v) is 12.0. The Labute approximate surface area is 123 Å². The van der Waals surface area contributed by atoms with Gasteiger partial charge >= 0.3 is 0 Å². The summed E-state index contributed by atoms with van der Waals surface area (Å²) in [7, 11) is 0. The quantitative estimate of drug-likeness (QED) is 0.501. The number of hydrogen-bond donors (Lipinski definition) is 4. The Bertz CT molecular complexity index is 475. The molecule has 0 aromatic heterocycles. The summed E-state index contributed by atoms with van der Waals surface area (Å²) in [6, 6.07) is -1.02. The highest BCUT2D eigenvalue weighted by atomic mass is 16.2. The molecule has 7 nitrogen and oxygen atoms in total. The molecule has 3 atom stereocenters. The monoisotopic (exact) mass is 294 g/mol. The lowest BCUT2D eigenvalue weighted by Crippen LogP contribution is -2.51. The van der Waals surface area contributed by atoms with E-state index in [9.17, 15) is 14.4 Å².